The largest absolute Gasteiger partial charge is 0.309 e. The summed E-state index contributed by atoms with van der Waals surface area (Å²) < 4.78 is 27.9. The molecule has 1 saturated carbocycles. The van der Waals surface area contributed by atoms with Crippen molar-refractivity contribution >= 4 is 21.4 Å². The predicted octanol–water partition coefficient (Wildman–Crippen LogP) is 0.982. The average Bonchev–Trinajstić information content (AvgIpc) is 2.93. The summed E-state index contributed by atoms with van der Waals surface area (Å²) in [7, 11) is -1.34. The highest BCUT2D eigenvalue weighted by Gasteiger charge is 2.26. The summed E-state index contributed by atoms with van der Waals surface area (Å²) in [5, 5.41) is 3.41. The summed E-state index contributed by atoms with van der Waals surface area (Å²) in [4.78, 5) is 3.23. The van der Waals surface area contributed by atoms with E-state index in [1.54, 1.807) is 6.07 Å². The highest BCUT2D eigenvalue weighted by molar-refractivity contribution is 7.91. The summed E-state index contributed by atoms with van der Waals surface area (Å²) in [6, 6.07) is 4.31. The Kier molecular flexibility index (Phi) is 4.14. The van der Waals surface area contributed by atoms with Gasteiger partial charge in [-0.25, -0.2) is 13.1 Å². The van der Waals surface area contributed by atoms with Crippen molar-refractivity contribution in [3.63, 3.8) is 0 Å². The van der Waals surface area contributed by atoms with Crippen LogP contribution in [0.1, 0.15) is 24.1 Å². The maximum absolute atomic E-state index is 12.3. The molecule has 2 fully saturated rings. The lowest BCUT2D eigenvalue weighted by Crippen LogP contribution is -2.36. The molecule has 2 heterocycles. The van der Waals surface area contributed by atoms with E-state index in [4.69, 9.17) is 0 Å². The number of thiophene rings is 1. The Labute approximate surface area is 124 Å². The fourth-order valence-corrected chi connectivity index (χ4v) is 5.02. The quantitative estimate of drug-likeness (QED) is 0.822. The maximum atomic E-state index is 12.3. The molecule has 1 unspecified atom stereocenters. The van der Waals surface area contributed by atoms with Crippen LogP contribution in [0.3, 0.4) is 0 Å². The van der Waals surface area contributed by atoms with Gasteiger partial charge in [-0.15, -0.1) is 11.3 Å². The van der Waals surface area contributed by atoms with Crippen molar-refractivity contribution < 1.29 is 8.42 Å². The number of nitrogens with one attached hydrogen (secondary N) is 2. The highest BCUT2D eigenvalue weighted by atomic mass is 32.2. The zero-order valence-electron chi connectivity index (χ0n) is 11.6. The standard InChI is InChI=1S/C13H21N3O2S2/c1-16-7-6-11(9-16)15-20(17,18)13-5-4-12(19-13)8-14-10-2-3-10/h4-5,10-11,14-15H,2-3,6-9H2,1H3. The minimum Gasteiger partial charge on any atom is -0.309 e. The second-order valence-corrected chi connectivity index (χ2v) is 8.85. The fourth-order valence-electron chi connectivity index (χ4n) is 2.44. The van der Waals surface area contributed by atoms with Gasteiger partial charge in [-0.05, 0) is 45.0 Å². The van der Waals surface area contributed by atoms with Crippen molar-refractivity contribution in [3.8, 4) is 0 Å². The normalized spacial score (nSPS) is 24.4. The molecule has 1 aromatic heterocycles. The van der Waals surface area contributed by atoms with Gasteiger partial charge in [-0.1, -0.05) is 0 Å². The number of rotatable bonds is 6. The van der Waals surface area contributed by atoms with Crippen LogP contribution in [0.2, 0.25) is 0 Å². The van der Waals surface area contributed by atoms with Crippen molar-refractivity contribution in [1.82, 2.24) is 14.9 Å². The van der Waals surface area contributed by atoms with E-state index in [-0.39, 0.29) is 6.04 Å². The number of hydrogen-bond donors (Lipinski definition) is 2. The molecule has 112 valence electrons. The highest BCUT2D eigenvalue weighted by Crippen LogP contribution is 2.24. The summed E-state index contributed by atoms with van der Waals surface area (Å²) >= 11 is 1.37. The van der Waals surface area contributed by atoms with Crippen LogP contribution in [0.5, 0.6) is 0 Å². The summed E-state index contributed by atoms with van der Waals surface area (Å²) in [5.74, 6) is 0. The van der Waals surface area contributed by atoms with Gasteiger partial charge in [0.2, 0.25) is 10.0 Å². The maximum Gasteiger partial charge on any atom is 0.250 e. The Hall–Kier alpha value is -0.470. The minimum atomic E-state index is -3.36. The Morgan fingerprint density at radius 3 is 2.75 bits per heavy atom. The third-order valence-electron chi connectivity index (χ3n) is 3.76. The van der Waals surface area contributed by atoms with E-state index in [1.165, 1.54) is 24.2 Å². The van der Waals surface area contributed by atoms with Crippen molar-refractivity contribution in [2.24, 2.45) is 0 Å². The molecule has 1 aliphatic heterocycles. The molecular formula is C13H21N3O2S2. The average molecular weight is 315 g/mol. The number of nitrogens with zero attached hydrogens (tertiary/aromatic N) is 1. The first kappa shape index (κ1) is 14.5. The SMILES string of the molecule is CN1CCC(NS(=O)(=O)c2ccc(CNC3CC3)s2)C1. The van der Waals surface area contributed by atoms with Crippen molar-refractivity contribution in [1.29, 1.82) is 0 Å². The van der Waals surface area contributed by atoms with E-state index in [9.17, 15) is 8.42 Å². The smallest absolute Gasteiger partial charge is 0.250 e. The van der Waals surface area contributed by atoms with Gasteiger partial charge in [0.1, 0.15) is 4.21 Å². The Morgan fingerprint density at radius 2 is 2.10 bits per heavy atom. The van der Waals surface area contributed by atoms with Gasteiger partial charge in [-0.2, -0.15) is 0 Å². The van der Waals surface area contributed by atoms with Crippen LogP contribution in [-0.2, 0) is 16.6 Å². The first-order chi connectivity index (χ1) is 9.53. The van der Waals surface area contributed by atoms with Crippen LogP contribution in [0.4, 0.5) is 0 Å². The zero-order chi connectivity index (χ0) is 14.2. The van der Waals surface area contributed by atoms with Gasteiger partial charge in [0, 0.05) is 30.1 Å². The number of likely N-dealkylation sites (N-methyl/N-ethyl adjacent to an activating group) is 1. The van der Waals surface area contributed by atoms with E-state index in [2.05, 4.69) is 14.9 Å². The van der Waals surface area contributed by atoms with Crippen LogP contribution < -0.4 is 10.0 Å². The Morgan fingerprint density at radius 1 is 1.30 bits per heavy atom. The van der Waals surface area contributed by atoms with E-state index in [0.29, 0.717) is 10.3 Å². The van der Waals surface area contributed by atoms with Gasteiger partial charge in [-0.3, -0.25) is 0 Å². The van der Waals surface area contributed by atoms with Gasteiger partial charge < -0.3 is 10.2 Å². The molecule has 0 amide bonds. The van der Waals surface area contributed by atoms with Gasteiger partial charge in [0.05, 0.1) is 0 Å². The molecule has 5 nitrogen and oxygen atoms in total. The van der Waals surface area contributed by atoms with Crippen molar-refractivity contribution in [2.45, 2.75) is 42.1 Å². The molecule has 1 aliphatic carbocycles. The zero-order valence-corrected chi connectivity index (χ0v) is 13.3. The molecule has 7 heteroatoms. The molecule has 20 heavy (non-hydrogen) atoms. The van der Waals surface area contributed by atoms with Gasteiger partial charge >= 0.3 is 0 Å². The Bertz CT molecular complexity index is 566. The summed E-state index contributed by atoms with van der Waals surface area (Å²) in [6.45, 7) is 2.52. The van der Waals surface area contributed by atoms with Crippen LogP contribution in [-0.4, -0.2) is 45.5 Å². The topological polar surface area (TPSA) is 61.4 Å². The van der Waals surface area contributed by atoms with Crippen molar-refractivity contribution in [2.75, 3.05) is 20.1 Å². The van der Waals surface area contributed by atoms with E-state index in [0.717, 1.165) is 30.9 Å². The molecule has 1 atom stereocenters. The lowest BCUT2D eigenvalue weighted by atomic mass is 10.3. The molecule has 1 saturated heterocycles. The molecule has 1 aromatic rings. The van der Waals surface area contributed by atoms with Crippen molar-refractivity contribution in [3.05, 3.63) is 17.0 Å². The molecule has 3 rings (SSSR count). The van der Waals surface area contributed by atoms with E-state index >= 15 is 0 Å². The lowest BCUT2D eigenvalue weighted by molar-refractivity contribution is 0.407. The lowest BCUT2D eigenvalue weighted by Gasteiger charge is -2.12. The molecule has 0 bridgehead atoms. The first-order valence-corrected chi connectivity index (χ1v) is 9.36. The summed E-state index contributed by atoms with van der Waals surface area (Å²) in [6.07, 6.45) is 3.37. The number of sulfonamides is 1. The monoisotopic (exact) mass is 315 g/mol. The van der Waals surface area contributed by atoms with Crippen LogP contribution >= 0.6 is 11.3 Å². The third kappa shape index (κ3) is 3.59. The van der Waals surface area contributed by atoms with Crippen LogP contribution in [0.25, 0.3) is 0 Å². The second kappa shape index (κ2) is 5.73. The fraction of sp³-hybridized carbons (Fsp3) is 0.692. The molecule has 0 spiro atoms. The molecular weight excluding hydrogens is 294 g/mol. The van der Waals surface area contributed by atoms with E-state index in [1.807, 2.05) is 13.1 Å². The minimum absolute atomic E-state index is 0.0418. The second-order valence-electron chi connectivity index (χ2n) is 5.75. The van der Waals surface area contributed by atoms with E-state index < -0.39 is 10.0 Å². The third-order valence-corrected chi connectivity index (χ3v) is 6.85. The predicted molar refractivity (Wildman–Crippen MR) is 80.4 cm³/mol. The van der Waals surface area contributed by atoms with Gasteiger partial charge in [0.15, 0.2) is 0 Å². The van der Waals surface area contributed by atoms with Crippen LogP contribution in [0.15, 0.2) is 16.3 Å². The van der Waals surface area contributed by atoms with Crippen LogP contribution in [0, 0.1) is 0 Å². The molecule has 0 aromatic carbocycles. The molecule has 0 radical (unpaired) electrons. The first-order valence-electron chi connectivity index (χ1n) is 7.06. The molecule has 2 N–H and O–H groups in total. The Balaban J connectivity index is 1.61. The number of likely N-dealkylation sites (tertiary alicyclic amines) is 1. The number of hydrogen-bond acceptors (Lipinski definition) is 5. The van der Waals surface area contributed by atoms with Gasteiger partial charge in [0.25, 0.3) is 0 Å². The molecule has 2 aliphatic rings. The summed E-state index contributed by atoms with van der Waals surface area (Å²) in [5.41, 5.74) is 0.